The van der Waals surface area contributed by atoms with Crippen LogP contribution in [0.2, 0.25) is 0 Å². The van der Waals surface area contributed by atoms with Crippen molar-refractivity contribution in [3.8, 4) is 0 Å². The van der Waals surface area contributed by atoms with Crippen molar-refractivity contribution >= 4 is 0 Å². The van der Waals surface area contributed by atoms with E-state index < -0.39 is 0 Å². The molecule has 0 unspecified atom stereocenters. The lowest BCUT2D eigenvalue weighted by Crippen LogP contribution is -2.49. The van der Waals surface area contributed by atoms with Gasteiger partial charge in [0.1, 0.15) is 0 Å². The average Bonchev–Trinajstić information content (AvgIpc) is 2.77. The van der Waals surface area contributed by atoms with Crippen LogP contribution in [0.3, 0.4) is 0 Å². The Bertz CT molecular complexity index is 193. The molecule has 94 valence electrons. The number of rotatable bonds is 5. The van der Waals surface area contributed by atoms with Crippen molar-refractivity contribution in [1.29, 1.82) is 0 Å². The molecule has 0 heterocycles. The van der Waals surface area contributed by atoms with Crippen LogP contribution in [0.5, 0.6) is 0 Å². The Morgan fingerprint density at radius 2 is 1.75 bits per heavy atom. The summed E-state index contributed by atoms with van der Waals surface area (Å²) in [7, 11) is 1.82. The Hall–Kier alpha value is -0.0800. The molecular weight excluding hydrogens is 198 g/mol. The van der Waals surface area contributed by atoms with E-state index in [0.717, 1.165) is 12.6 Å². The summed E-state index contributed by atoms with van der Waals surface area (Å²) in [6.07, 6.45) is 13.9. The maximum Gasteiger partial charge on any atom is 0.0479 e. The van der Waals surface area contributed by atoms with Gasteiger partial charge in [0, 0.05) is 25.3 Å². The van der Waals surface area contributed by atoms with Crippen LogP contribution in [-0.2, 0) is 4.74 Å². The van der Waals surface area contributed by atoms with Gasteiger partial charge in [-0.2, -0.15) is 0 Å². The molecule has 2 saturated carbocycles. The van der Waals surface area contributed by atoms with E-state index in [0.29, 0.717) is 5.54 Å². The lowest BCUT2D eigenvalue weighted by molar-refractivity contribution is 0.142. The van der Waals surface area contributed by atoms with E-state index in [1.165, 1.54) is 64.2 Å². The highest BCUT2D eigenvalue weighted by Crippen LogP contribution is 2.34. The fraction of sp³-hybridized carbons (Fsp3) is 1.00. The van der Waals surface area contributed by atoms with E-state index in [1.54, 1.807) is 0 Å². The molecule has 0 atom stereocenters. The minimum absolute atomic E-state index is 0.429. The molecular formula is C14H27NO. The zero-order chi connectivity index (χ0) is 11.3. The van der Waals surface area contributed by atoms with Gasteiger partial charge in [0.05, 0.1) is 0 Å². The lowest BCUT2D eigenvalue weighted by Gasteiger charge is -2.36. The Labute approximate surface area is 100 Å². The van der Waals surface area contributed by atoms with Crippen LogP contribution < -0.4 is 5.32 Å². The minimum atomic E-state index is 0.429. The van der Waals surface area contributed by atoms with Gasteiger partial charge in [-0.25, -0.2) is 0 Å². The Morgan fingerprint density at radius 1 is 1.06 bits per heavy atom. The van der Waals surface area contributed by atoms with Gasteiger partial charge >= 0.3 is 0 Å². The molecule has 2 aliphatic carbocycles. The van der Waals surface area contributed by atoms with Gasteiger partial charge in [0.15, 0.2) is 0 Å². The topological polar surface area (TPSA) is 21.3 Å². The van der Waals surface area contributed by atoms with Crippen molar-refractivity contribution in [3.63, 3.8) is 0 Å². The molecule has 0 aromatic heterocycles. The highest BCUT2D eigenvalue weighted by Gasteiger charge is 2.35. The van der Waals surface area contributed by atoms with Crippen molar-refractivity contribution in [2.75, 3.05) is 13.7 Å². The summed E-state index contributed by atoms with van der Waals surface area (Å²) in [5.74, 6) is 0. The predicted octanol–water partition coefficient (Wildman–Crippen LogP) is 3.26. The summed E-state index contributed by atoms with van der Waals surface area (Å²) in [6, 6.07) is 0.795. The van der Waals surface area contributed by atoms with Crippen LogP contribution in [-0.4, -0.2) is 25.3 Å². The van der Waals surface area contributed by atoms with E-state index in [9.17, 15) is 0 Å². The van der Waals surface area contributed by atoms with Crippen molar-refractivity contribution in [2.24, 2.45) is 0 Å². The normalized spacial score (nSPS) is 26.1. The van der Waals surface area contributed by atoms with Crippen LogP contribution in [0.25, 0.3) is 0 Å². The van der Waals surface area contributed by atoms with Crippen molar-refractivity contribution < 1.29 is 4.74 Å². The molecule has 2 aliphatic rings. The second-order valence-corrected chi connectivity index (χ2v) is 5.71. The number of nitrogens with one attached hydrogen (secondary N) is 1. The zero-order valence-corrected chi connectivity index (χ0v) is 10.8. The number of ether oxygens (including phenoxy) is 1. The van der Waals surface area contributed by atoms with Crippen molar-refractivity contribution in [1.82, 2.24) is 5.32 Å². The predicted molar refractivity (Wildman–Crippen MR) is 67.7 cm³/mol. The van der Waals surface area contributed by atoms with Crippen LogP contribution in [0.1, 0.15) is 64.2 Å². The van der Waals surface area contributed by atoms with E-state index in [-0.39, 0.29) is 0 Å². The van der Waals surface area contributed by atoms with Gasteiger partial charge in [0.25, 0.3) is 0 Å². The number of hydrogen-bond donors (Lipinski definition) is 1. The largest absolute Gasteiger partial charge is 0.385 e. The van der Waals surface area contributed by atoms with Crippen LogP contribution in [0.4, 0.5) is 0 Å². The summed E-state index contributed by atoms with van der Waals surface area (Å²) < 4.78 is 5.28. The summed E-state index contributed by atoms with van der Waals surface area (Å²) >= 11 is 0. The molecule has 2 heteroatoms. The quantitative estimate of drug-likeness (QED) is 0.775. The highest BCUT2D eigenvalue weighted by atomic mass is 16.5. The second kappa shape index (κ2) is 6.02. The van der Waals surface area contributed by atoms with Gasteiger partial charge in [-0.1, -0.05) is 32.1 Å². The number of hydrogen-bond acceptors (Lipinski definition) is 2. The van der Waals surface area contributed by atoms with Gasteiger partial charge in [-0.3, -0.25) is 0 Å². The lowest BCUT2D eigenvalue weighted by atomic mass is 9.88. The van der Waals surface area contributed by atoms with Crippen molar-refractivity contribution in [2.45, 2.75) is 75.8 Å². The average molecular weight is 225 g/mol. The SMILES string of the molecule is COCCC1(NC2CCCCC2)CCCC1. The van der Waals surface area contributed by atoms with Gasteiger partial charge < -0.3 is 10.1 Å². The van der Waals surface area contributed by atoms with Crippen molar-refractivity contribution in [3.05, 3.63) is 0 Å². The van der Waals surface area contributed by atoms with Gasteiger partial charge in [-0.15, -0.1) is 0 Å². The third kappa shape index (κ3) is 3.21. The zero-order valence-electron chi connectivity index (χ0n) is 10.8. The van der Waals surface area contributed by atoms with Gasteiger partial charge in [-0.05, 0) is 32.1 Å². The summed E-state index contributed by atoms with van der Waals surface area (Å²) in [5, 5.41) is 3.99. The van der Waals surface area contributed by atoms with Gasteiger partial charge in [0.2, 0.25) is 0 Å². The molecule has 0 amide bonds. The molecule has 0 radical (unpaired) electrons. The maximum atomic E-state index is 5.28. The molecule has 16 heavy (non-hydrogen) atoms. The highest BCUT2D eigenvalue weighted by molar-refractivity contribution is 4.95. The molecule has 0 aromatic carbocycles. The first kappa shape index (κ1) is 12.4. The molecule has 2 rings (SSSR count). The fourth-order valence-corrected chi connectivity index (χ4v) is 3.50. The third-order valence-electron chi connectivity index (χ3n) is 4.46. The minimum Gasteiger partial charge on any atom is -0.385 e. The van der Waals surface area contributed by atoms with Crippen LogP contribution in [0, 0.1) is 0 Å². The Kier molecular flexibility index (Phi) is 4.66. The molecule has 0 saturated heterocycles. The first-order valence-electron chi connectivity index (χ1n) is 7.11. The fourth-order valence-electron chi connectivity index (χ4n) is 3.50. The van der Waals surface area contributed by atoms with Crippen LogP contribution >= 0.6 is 0 Å². The monoisotopic (exact) mass is 225 g/mol. The second-order valence-electron chi connectivity index (χ2n) is 5.71. The molecule has 1 N–H and O–H groups in total. The first-order chi connectivity index (χ1) is 7.85. The van der Waals surface area contributed by atoms with E-state index in [1.807, 2.05) is 7.11 Å². The molecule has 2 nitrogen and oxygen atoms in total. The molecule has 0 spiro atoms. The molecule has 0 aliphatic heterocycles. The molecule has 0 aromatic rings. The maximum absolute atomic E-state index is 5.28. The number of methoxy groups -OCH3 is 1. The molecule has 0 bridgehead atoms. The standard InChI is InChI=1S/C14H27NO/c1-16-12-11-14(9-5-6-10-14)15-13-7-3-2-4-8-13/h13,15H,2-12H2,1H3. The Balaban J connectivity index is 1.85. The smallest absolute Gasteiger partial charge is 0.0479 e. The third-order valence-corrected chi connectivity index (χ3v) is 4.46. The Morgan fingerprint density at radius 3 is 2.38 bits per heavy atom. The summed E-state index contributed by atoms with van der Waals surface area (Å²) in [5.41, 5.74) is 0.429. The first-order valence-corrected chi connectivity index (χ1v) is 7.11. The summed E-state index contributed by atoms with van der Waals surface area (Å²) in [4.78, 5) is 0. The van der Waals surface area contributed by atoms with E-state index >= 15 is 0 Å². The van der Waals surface area contributed by atoms with E-state index in [4.69, 9.17) is 4.74 Å². The van der Waals surface area contributed by atoms with E-state index in [2.05, 4.69) is 5.32 Å². The summed E-state index contributed by atoms with van der Waals surface area (Å²) in [6.45, 7) is 0.916. The van der Waals surface area contributed by atoms with Crippen LogP contribution in [0.15, 0.2) is 0 Å². The molecule has 2 fully saturated rings.